The van der Waals surface area contributed by atoms with Crippen LogP contribution in [-0.2, 0) is 14.8 Å². The van der Waals surface area contributed by atoms with Gasteiger partial charge in [-0.15, -0.1) is 5.11 Å². The van der Waals surface area contributed by atoms with Crippen molar-refractivity contribution >= 4 is 15.8 Å². The number of nitrogens with zero attached hydrogens (tertiary/aromatic N) is 4. The van der Waals surface area contributed by atoms with E-state index in [1.165, 1.54) is 10.5 Å². The largest absolute Gasteiger partial charge is 0.428 e. The quantitative estimate of drug-likeness (QED) is 0.769. The van der Waals surface area contributed by atoms with Gasteiger partial charge >= 0.3 is 0 Å². The molecule has 0 aromatic carbocycles. The Morgan fingerprint density at radius 2 is 1.93 bits per heavy atom. The second-order valence-corrected chi connectivity index (χ2v) is 11.2. The summed E-state index contributed by atoms with van der Waals surface area (Å²) in [5.41, 5.74) is 2.14. The zero-order valence-corrected chi connectivity index (χ0v) is 18.2. The Morgan fingerprint density at radius 3 is 2.60 bits per heavy atom. The number of allylic oxidation sites excluding steroid dienone is 2. The molecule has 1 N–H and O–H groups in total. The lowest BCUT2D eigenvalue weighted by Crippen LogP contribution is -2.50. The van der Waals surface area contributed by atoms with Gasteiger partial charge < -0.3 is 9.73 Å². The molecule has 0 saturated carbocycles. The molecular weight excluding hydrogens is 406 g/mol. The van der Waals surface area contributed by atoms with Crippen molar-refractivity contribution in [1.29, 1.82) is 0 Å². The number of nitrogens with one attached hydrogen (secondary N) is 1. The van der Waals surface area contributed by atoms with Gasteiger partial charge in [-0.1, -0.05) is 13.8 Å². The van der Waals surface area contributed by atoms with Crippen LogP contribution in [-0.4, -0.2) is 43.1 Å². The number of carbonyl (C=O) groups excluding carboxylic acids is 1. The van der Waals surface area contributed by atoms with Crippen molar-refractivity contribution < 1.29 is 17.6 Å². The topological polar surface area (TPSA) is 117 Å². The summed E-state index contributed by atoms with van der Waals surface area (Å²) in [4.78, 5) is 17.2. The first-order valence-electron chi connectivity index (χ1n) is 10.2. The Balaban J connectivity index is 1.50. The van der Waals surface area contributed by atoms with E-state index in [9.17, 15) is 13.2 Å². The maximum Gasteiger partial charge on any atom is 0.278 e. The molecule has 0 amide bonds. The number of ketones is 1. The van der Waals surface area contributed by atoms with Crippen molar-refractivity contribution in [1.82, 2.24) is 14.6 Å². The van der Waals surface area contributed by atoms with Crippen molar-refractivity contribution in [2.75, 3.05) is 19.6 Å². The molecule has 5 rings (SSSR count). The Hall–Kier alpha value is -2.33. The standard InChI is InChI=1S/C20H25N5O4S/c1-12-21-11-16(29-12)30(27,28)25-6-4-20(5-7-25)13-10-22-24-18(13)23-14-8-19(2,3)9-15(26)17(14)20/h11,23H,4-10H2,1-3H3. The number of fused-ring (bicyclic) bond motifs is 2. The van der Waals surface area contributed by atoms with Gasteiger partial charge in [0, 0.05) is 48.7 Å². The van der Waals surface area contributed by atoms with Crippen LogP contribution in [0.2, 0.25) is 0 Å². The van der Waals surface area contributed by atoms with E-state index >= 15 is 0 Å². The van der Waals surface area contributed by atoms with Gasteiger partial charge in [0.2, 0.25) is 0 Å². The number of oxazole rings is 1. The van der Waals surface area contributed by atoms with E-state index in [2.05, 4.69) is 34.4 Å². The first kappa shape index (κ1) is 19.6. The summed E-state index contributed by atoms with van der Waals surface area (Å²) in [6.45, 7) is 6.85. The van der Waals surface area contributed by atoms with Crippen molar-refractivity contribution in [2.24, 2.45) is 21.1 Å². The Morgan fingerprint density at radius 1 is 1.20 bits per heavy atom. The van der Waals surface area contributed by atoms with Gasteiger partial charge in [0.05, 0.1) is 12.7 Å². The van der Waals surface area contributed by atoms with Crippen LogP contribution in [0.1, 0.15) is 45.4 Å². The van der Waals surface area contributed by atoms with Crippen LogP contribution in [0.25, 0.3) is 0 Å². The zero-order valence-electron chi connectivity index (χ0n) is 17.4. The molecule has 1 aromatic rings. The highest BCUT2D eigenvalue weighted by molar-refractivity contribution is 7.89. The summed E-state index contributed by atoms with van der Waals surface area (Å²) in [7, 11) is -3.76. The fourth-order valence-electron chi connectivity index (χ4n) is 5.32. The third-order valence-electron chi connectivity index (χ3n) is 6.66. The fourth-order valence-corrected chi connectivity index (χ4v) is 6.65. The summed E-state index contributed by atoms with van der Waals surface area (Å²) in [5.74, 6) is 1.20. The molecule has 3 aliphatic heterocycles. The van der Waals surface area contributed by atoms with Gasteiger partial charge in [-0.05, 0) is 24.7 Å². The van der Waals surface area contributed by atoms with Gasteiger partial charge in [-0.2, -0.15) is 9.42 Å². The summed E-state index contributed by atoms with van der Waals surface area (Å²) in [5, 5.41) is 11.7. The third-order valence-corrected chi connectivity index (χ3v) is 8.40. The highest BCUT2D eigenvalue weighted by Crippen LogP contribution is 2.55. The van der Waals surface area contributed by atoms with Gasteiger partial charge in [-0.25, -0.2) is 13.4 Å². The average molecular weight is 432 g/mol. The number of piperidine rings is 1. The second kappa shape index (κ2) is 6.34. The van der Waals surface area contributed by atoms with Crippen LogP contribution in [0, 0.1) is 17.8 Å². The number of azo groups is 1. The normalized spacial score (nSPS) is 25.5. The van der Waals surface area contributed by atoms with Crippen molar-refractivity contribution in [2.45, 2.75) is 51.5 Å². The zero-order chi connectivity index (χ0) is 21.3. The van der Waals surface area contributed by atoms with Crippen LogP contribution >= 0.6 is 0 Å². The van der Waals surface area contributed by atoms with Crippen LogP contribution in [0.4, 0.5) is 0 Å². The maximum atomic E-state index is 13.3. The number of hydrogen-bond acceptors (Lipinski definition) is 8. The number of carbonyl (C=O) groups is 1. The van der Waals surface area contributed by atoms with Gasteiger partial charge in [0.15, 0.2) is 17.5 Å². The Kier molecular flexibility index (Phi) is 4.14. The molecule has 1 saturated heterocycles. The third kappa shape index (κ3) is 2.80. The molecule has 9 nitrogen and oxygen atoms in total. The molecule has 1 aliphatic carbocycles. The number of rotatable bonds is 2. The molecule has 4 heterocycles. The van der Waals surface area contributed by atoms with E-state index in [1.54, 1.807) is 6.92 Å². The van der Waals surface area contributed by atoms with E-state index < -0.39 is 15.4 Å². The molecule has 0 radical (unpaired) electrons. The molecule has 1 spiro atoms. The average Bonchev–Trinajstić information content (AvgIpc) is 3.30. The molecule has 10 heteroatoms. The van der Waals surface area contributed by atoms with Crippen LogP contribution < -0.4 is 5.32 Å². The Labute approximate surface area is 175 Å². The van der Waals surface area contributed by atoms with E-state index in [0.29, 0.717) is 44.8 Å². The van der Waals surface area contributed by atoms with Crippen LogP contribution in [0.3, 0.4) is 0 Å². The molecule has 4 aliphatic rings. The minimum absolute atomic E-state index is 0.119. The molecule has 1 fully saturated rings. The Bertz CT molecular complexity index is 1130. The maximum absolute atomic E-state index is 13.3. The molecule has 0 bridgehead atoms. The van der Waals surface area contributed by atoms with E-state index in [4.69, 9.17) is 4.42 Å². The minimum Gasteiger partial charge on any atom is -0.428 e. The summed E-state index contributed by atoms with van der Waals surface area (Å²) in [6.07, 6.45) is 3.56. The van der Waals surface area contributed by atoms with E-state index in [0.717, 1.165) is 29.1 Å². The predicted octanol–water partition coefficient (Wildman–Crippen LogP) is 2.68. The highest BCUT2D eigenvalue weighted by Gasteiger charge is 2.53. The number of hydrogen-bond donors (Lipinski definition) is 1. The van der Waals surface area contributed by atoms with Gasteiger partial charge in [0.25, 0.3) is 15.1 Å². The predicted molar refractivity (Wildman–Crippen MR) is 107 cm³/mol. The summed E-state index contributed by atoms with van der Waals surface area (Å²) in [6, 6.07) is 0. The number of aromatic nitrogens is 1. The monoisotopic (exact) mass is 431 g/mol. The molecule has 0 unspecified atom stereocenters. The number of aryl methyl sites for hydroxylation is 1. The smallest absolute Gasteiger partial charge is 0.278 e. The fraction of sp³-hybridized carbons (Fsp3) is 0.600. The van der Waals surface area contributed by atoms with Crippen molar-refractivity contribution in [3.8, 4) is 0 Å². The lowest BCUT2D eigenvalue weighted by molar-refractivity contribution is -0.119. The van der Waals surface area contributed by atoms with Crippen molar-refractivity contribution in [3.05, 3.63) is 34.8 Å². The SMILES string of the molecule is Cc1ncc(S(=O)(=O)N2CCC3(CC2)C2=C(N=NC2)NC2=C3C(=O)CC(C)(C)C2)o1. The molecular formula is C20H25N5O4S. The summed E-state index contributed by atoms with van der Waals surface area (Å²) >= 11 is 0. The van der Waals surface area contributed by atoms with Gasteiger partial charge in [-0.3, -0.25) is 4.79 Å². The molecule has 0 atom stereocenters. The number of Topliss-reactive ketones (excluding diaryl/α,β-unsaturated/α-hetero) is 1. The van der Waals surface area contributed by atoms with Crippen LogP contribution in [0.5, 0.6) is 0 Å². The van der Waals surface area contributed by atoms with E-state index in [-0.39, 0.29) is 16.3 Å². The lowest BCUT2D eigenvalue weighted by Gasteiger charge is -2.48. The first-order chi connectivity index (χ1) is 14.1. The van der Waals surface area contributed by atoms with E-state index in [1.807, 2.05) is 0 Å². The highest BCUT2D eigenvalue weighted by atomic mass is 32.2. The van der Waals surface area contributed by atoms with Crippen LogP contribution in [0.15, 0.2) is 48.6 Å². The molecule has 30 heavy (non-hydrogen) atoms. The van der Waals surface area contributed by atoms with Crippen molar-refractivity contribution in [3.63, 3.8) is 0 Å². The molecule has 160 valence electrons. The first-order valence-corrected chi connectivity index (χ1v) is 11.6. The van der Waals surface area contributed by atoms with Gasteiger partial charge in [0.1, 0.15) is 0 Å². The number of sulfonamides is 1. The summed E-state index contributed by atoms with van der Waals surface area (Å²) < 4.78 is 32.7. The molecule has 1 aromatic heterocycles. The minimum atomic E-state index is -3.76. The second-order valence-electron chi connectivity index (χ2n) is 9.33. The number of dihydropyridines is 1. The lowest BCUT2D eigenvalue weighted by atomic mass is 9.60.